The Balaban J connectivity index is 1.51. The number of pyridine rings is 1. The van der Waals surface area contributed by atoms with Gasteiger partial charge in [0.1, 0.15) is 11.8 Å². The molecule has 0 aliphatic carbocycles. The molecule has 0 bridgehead atoms. The van der Waals surface area contributed by atoms with E-state index in [0.717, 1.165) is 31.7 Å². The minimum absolute atomic E-state index is 0.0453. The van der Waals surface area contributed by atoms with E-state index in [4.69, 9.17) is 4.74 Å². The monoisotopic (exact) mass is 416 g/mol. The Morgan fingerprint density at radius 2 is 2.16 bits per heavy atom. The van der Waals surface area contributed by atoms with Crippen molar-refractivity contribution in [2.75, 3.05) is 11.4 Å². The molecule has 0 saturated carbocycles. The minimum Gasteiger partial charge on any atom is -0.491 e. The number of amides is 1. The van der Waals surface area contributed by atoms with E-state index in [0.29, 0.717) is 11.3 Å². The highest BCUT2D eigenvalue weighted by Crippen LogP contribution is 2.40. The van der Waals surface area contributed by atoms with Crippen molar-refractivity contribution in [1.29, 1.82) is 5.26 Å². The summed E-state index contributed by atoms with van der Waals surface area (Å²) in [5, 5.41) is 9.23. The summed E-state index contributed by atoms with van der Waals surface area (Å²) in [6, 6.07) is 12.4. The molecule has 160 valence electrons. The number of rotatable bonds is 5. The van der Waals surface area contributed by atoms with Gasteiger partial charge in [0, 0.05) is 31.4 Å². The van der Waals surface area contributed by atoms with Crippen molar-refractivity contribution in [3.8, 4) is 11.8 Å². The predicted octanol–water partition coefficient (Wildman–Crippen LogP) is 4.07. The van der Waals surface area contributed by atoms with Gasteiger partial charge in [-0.15, -0.1) is 0 Å². The molecule has 6 nitrogen and oxygen atoms in total. The maximum absolute atomic E-state index is 12.8. The summed E-state index contributed by atoms with van der Waals surface area (Å²) >= 11 is 0. The summed E-state index contributed by atoms with van der Waals surface area (Å²) in [5.41, 5.74) is 2.00. The molecule has 1 fully saturated rings. The quantitative estimate of drug-likeness (QED) is 0.735. The molecule has 1 amide bonds. The van der Waals surface area contributed by atoms with Gasteiger partial charge in [-0.05, 0) is 57.4 Å². The molecule has 2 aromatic rings. The van der Waals surface area contributed by atoms with E-state index in [9.17, 15) is 10.1 Å². The SMILES string of the molecule is CC(C)Oc1cccc(CN2CC[C@]3(C=CC(=O)N3c3cncc(C#N)c3)C[C@@H]2C)c1. The molecule has 0 N–H and O–H groups in total. The second-order valence-corrected chi connectivity index (χ2v) is 8.74. The third-order valence-corrected chi connectivity index (χ3v) is 6.07. The first-order valence-electron chi connectivity index (χ1n) is 10.8. The highest BCUT2D eigenvalue weighted by Gasteiger charge is 2.46. The van der Waals surface area contributed by atoms with Crippen LogP contribution in [0.1, 0.15) is 44.7 Å². The van der Waals surface area contributed by atoms with Crippen molar-refractivity contribution < 1.29 is 9.53 Å². The van der Waals surface area contributed by atoms with Gasteiger partial charge in [-0.25, -0.2) is 0 Å². The number of aromatic nitrogens is 1. The topological polar surface area (TPSA) is 69.5 Å². The van der Waals surface area contributed by atoms with Crippen LogP contribution >= 0.6 is 0 Å². The van der Waals surface area contributed by atoms with Gasteiger partial charge in [-0.2, -0.15) is 5.26 Å². The van der Waals surface area contributed by atoms with Crippen LogP contribution < -0.4 is 9.64 Å². The Kier molecular flexibility index (Phi) is 5.79. The Hall–Kier alpha value is -3.17. The molecule has 1 aromatic carbocycles. The molecule has 2 atom stereocenters. The predicted molar refractivity (Wildman–Crippen MR) is 120 cm³/mol. The van der Waals surface area contributed by atoms with E-state index < -0.39 is 0 Å². The normalized spacial score (nSPS) is 23.5. The summed E-state index contributed by atoms with van der Waals surface area (Å²) < 4.78 is 5.84. The lowest BCUT2D eigenvalue weighted by Gasteiger charge is -2.47. The van der Waals surface area contributed by atoms with Crippen molar-refractivity contribution in [2.45, 2.75) is 57.8 Å². The smallest absolute Gasteiger partial charge is 0.251 e. The molecule has 0 radical (unpaired) electrons. The van der Waals surface area contributed by atoms with Crippen LogP contribution in [0.4, 0.5) is 5.69 Å². The standard InChI is InChI=1S/C25H28N4O2/c1-18(2)31-23-6-4-5-20(12-23)17-28-10-9-25(13-19(28)3)8-7-24(30)29(25)22-11-21(14-26)15-27-16-22/h4-8,11-12,15-16,18-19H,9-10,13,17H2,1-3H3/t19-,25+/m0/s1. The van der Waals surface area contributed by atoms with Crippen LogP contribution in [0, 0.1) is 11.3 Å². The Bertz CT molecular complexity index is 1040. The van der Waals surface area contributed by atoms with Crippen LogP contribution in [-0.4, -0.2) is 40.0 Å². The summed E-state index contributed by atoms with van der Waals surface area (Å²) in [6.07, 6.45) is 8.70. The minimum atomic E-state index is -0.370. The zero-order valence-corrected chi connectivity index (χ0v) is 18.3. The second kappa shape index (κ2) is 8.52. The molecule has 31 heavy (non-hydrogen) atoms. The fraction of sp³-hybridized carbons (Fsp3) is 0.400. The lowest BCUT2D eigenvalue weighted by Crippen LogP contribution is -2.56. The Morgan fingerprint density at radius 3 is 2.90 bits per heavy atom. The summed E-state index contributed by atoms with van der Waals surface area (Å²) in [4.78, 5) is 21.2. The van der Waals surface area contributed by atoms with E-state index in [1.165, 1.54) is 11.8 Å². The maximum Gasteiger partial charge on any atom is 0.251 e. The highest BCUT2D eigenvalue weighted by molar-refractivity contribution is 6.06. The first kappa shape index (κ1) is 21.1. The van der Waals surface area contributed by atoms with E-state index in [1.807, 2.05) is 37.0 Å². The van der Waals surface area contributed by atoms with E-state index in [1.54, 1.807) is 18.3 Å². The molecule has 1 aromatic heterocycles. The zero-order valence-electron chi connectivity index (χ0n) is 18.3. The third kappa shape index (κ3) is 4.33. The molecule has 2 aliphatic rings. The largest absolute Gasteiger partial charge is 0.491 e. The number of carbonyl (C=O) groups excluding carboxylic acids is 1. The maximum atomic E-state index is 12.8. The Labute approximate surface area is 183 Å². The number of piperidine rings is 1. The van der Waals surface area contributed by atoms with Gasteiger partial charge >= 0.3 is 0 Å². The van der Waals surface area contributed by atoms with Gasteiger partial charge in [-0.1, -0.05) is 18.2 Å². The molecule has 3 heterocycles. The molecule has 2 aliphatic heterocycles. The number of hydrogen-bond donors (Lipinski definition) is 0. The van der Waals surface area contributed by atoms with Gasteiger partial charge in [0.15, 0.2) is 0 Å². The fourth-order valence-corrected chi connectivity index (χ4v) is 4.70. The Morgan fingerprint density at radius 1 is 1.32 bits per heavy atom. The molecular weight excluding hydrogens is 388 g/mol. The zero-order chi connectivity index (χ0) is 22.0. The van der Waals surface area contributed by atoms with Crippen molar-refractivity contribution in [3.63, 3.8) is 0 Å². The van der Waals surface area contributed by atoms with E-state index >= 15 is 0 Å². The molecule has 1 spiro atoms. The van der Waals surface area contributed by atoms with Crippen LogP contribution in [0.5, 0.6) is 5.75 Å². The number of nitriles is 1. The first-order valence-corrected chi connectivity index (χ1v) is 10.8. The molecule has 1 saturated heterocycles. The van der Waals surface area contributed by atoms with Crippen LogP contribution in [0.15, 0.2) is 54.9 Å². The van der Waals surface area contributed by atoms with Crippen molar-refractivity contribution in [3.05, 3.63) is 66.0 Å². The average molecular weight is 417 g/mol. The number of nitrogens with zero attached hydrogens (tertiary/aromatic N) is 4. The van der Waals surface area contributed by atoms with Crippen molar-refractivity contribution in [1.82, 2.24) is 9.88 Å². The molecule has 4 rings (SSSR count). The first-order chi connectivity index (χ1) is 14.9. The number of likely N-dealkylation sites (tertiary alicyclic amines) is 1. The van der Waals surface area contributed by atoms with Gasteiger partial charge in [0.2, 0.25) is 0 Å². The number of hydrogen-bond acceptors (Lipinski definition) is 5. The highest BCUT2D eigenvalue weighted by atomic mass is 16.5. The number of anilines is 1. The van der Waals surface area contributed by atoms with Crippen molar-refractivity contribution >= 4 is 11.6 Å². The summed E-state index contributed by atoms with van der Waals surface area (Å²) in [7, 11) is 0. The lowest BCUT2D eigenvalue weighted by atomic mass is 9.82. The number of benzene rings is 1. The molecule has 0 unspecified atom stereocenters. The third-order valence-electron chi connectivity index (χ3n) is 6.07. The van der Waals surface area contributed by atoms with Crippen molar-refractivity contribution in [2.24, 2.45) is 0 Å². The fourth-order valence-electron chi connectivity index (χ4n) is 4.70. The average Bonchev–Trinajstić information content (AvgIpc) is 3.05. The molecule has 6 heteroatoms. The van der Waals surface area contributed by atoms with Crippen LogP contribution in [-0.2, 0) is 11.3 Å². The summed E-state index contributed by atoms with van der Waals surface area (Å²) in [5.74, 6) is 0.852. The number of ether oxygens (including phenoxy) is 1. The number of carbonyl (C=O) groups is 1. The second-order valence-electron chi connectivity index (χ2n) is 8.74. The van der Waals surface area contributed by atoms with E-state index in [2.05, 4.69) is 35.0 Å². The molecular formula is C25H28N4O2. The van der Waals surface area contributed by atoms with Crippen LogP contribution in [0.25, 0.3) is 0 Å². The van der Waals surface area contributed by atoms with E-state index in [-0.39, 0.29) is 23.6 Å². The van der Waals surface area contributed by atoms with Gasteiger partial charge < -0.3 is 4.74 Å². The van der Waals surface area contributed by atoms with Crippen LogP contribution in [0.2, 0.25) is 0 Å². The summed E-state index contributed by atoms with van der Waals surface area (Å²) in [6.45, 7) is 7.99. The van der Waals surface area contributed by atoms with Crippen LogP contribution in [0.3, 0.4) is 0 Å². The van der Waals surface area contributed by atoms with Gasteiger partial charge in [-0.3, -0.25) is 19.6 Å². The lowest BCUT2D eigenvalue weighted by molar-refractivity contribution is -0.114. The van der Waals surface area contributed by atoms with Gasteiger partial charge in [0.25, 0.3) is 5.91 Å². The van der Waals surface area contributed by atoms with Gasteiger partial charge in [0.05, 0.1) is 29.1 Å².